The number of anilines is 1. The Morgan fingerprint density at radius 3 is 2.68 bits per heavy atom. The van der Waals surface area contributed by atoms with Crippen molar-refractivity contribution in [3.05, 3.63) is 40.2 Å². The van der Waals surface area contributed by atoms with E-state index in [4.69, 9.17) is 9.15 Å². The summed E-state index contributed by atoms with van der Waals surface area (Å²) in [5, 5.41) is 5.12. The molecule has 0 fully saturated rings. The Balaban J connectivity index is 2.31. The minimum absolute atomic E-state index is 0.245. The fraction of sp³-hybridized carbons (Fsp3) is 0.375. The van der Waals surface area contributed by atoms with Crippen molar-refractivity contribution in [3.63, 3.8) is 0 Å². The average Bonchev–Trinajstić information content (AvgIpc) is 3.04. The number of nitrogens with one attached hydrogen (secondary N) is 1. The molecular formula is C16H19NO4S. The summed E-state index contributed by atoms with van der Waals surface area (Å²) in [6.45, 7) is 5.94. The van der Waals surface area contributed by atoms with Crippen LogP contribution < -0.4 is 5.32 Å². The monoisotopic (exact) mass is 321 g/mol. The lowest BCUT2D eigenvalue weighted by atomic mass is 10.0. The first-order chi connectivity index (χ1) is 10.4. The Kier molecular flexibility index (Phi) is 5.03. The van der Waals surface area contributed by atoms with Gasteiger partial charge in [0.25, 0.3) is 5.91 Å². The molecule has 0 unspecified atom stereocenters. The van der Waals surface area contributed by atoms with E-state index in [0.29, 0.717) is 16.5 Å². The highest BCUT2D eigenvalue weighted by Gasteiger charge is 2.23. The van der Waals surface area contributed by atoms with Gasteiger partial charge in [0, 0.05) is 5.56 Å². The second-order valence-electron chi connectivity index (χ2n) is 5.44. The number of aryl methyl sites for hydroxylation is 1. The molecule has 1 amide bonds. The van der Waals surface area contributed by atoms with Gasteiger partial charge in [0.05, 0.1) is 18.9 Å². The maximum absolute atomic E-state index is 12.2. The van der Waals surface area contributed by atoms with Crippen molar-refractivity contribution in [2.24, 2.45) is 5.92 Å². The largest absolute Gasteiger partial charge is 0.465 e. The van der Waals surface area contributed by atoms with Crippen LogP contribution in [0.3, 0.4) is 0 Å². The lowest BCUT2D eigenvalue weighted by Crippen LogP contribution is -2.15. The molecule has 0 aliphatic heterocycles. The molecule has 0 spiro atoms. The van der Waals surface area contributed by atoms with E-state index in [1.807, 2.05) is 5.38 Å². The van der Waals surface area contributed by atoms with E-state index in [2.05, 4.69) is 19.2 Å². The maximum Gasteiger partial charge on any atom is 0.341 e. The van der Waals surface area contributed by atoms with Gasteiger partial charge in [-0.25, -0.2) is 4.79 Å². The Morgan fingerprint density at radius 2 is 2.14 bits per heavy atom. The summed E-state index contributed by atoms with van der Waals surface area (Å²) in [5.41, 5.74) is 2.06. The van der Waals surface area contributed by atoms with Crippen molar-refractivity contribution >= 4 is 28.2 Å². The second-order valence-corrected chi connectivity index (χ2v) is 6.32. The van der Waals surface area contributed by atoms with Crippen molar-refractivity contribution < 1.29 is 18.7 Å². The van der Waals surface area contributed by atoms with E-state index in [9.17, 15) is 9.59 Å². The molecule has 0 atom stereocenters. The van der Waals surface area contributed by atoms with Gasteiger partial charge in [-0.1, -0.05) is 13.8 Å². The number of rotatable bonds is 5. The van der Waals surface area contributed by atoms with Gasteiger partial charge in [-0.05, 0) is 36.3 Å². The minimum atomic E-state index is -0.441. The molecule has 0 aliphatic carbocycles. The standard InChI is InChI=1S/C16H19NO4S/c1-9(2)7-11-8-22-15(12(11)16(19)20-4)17-14(18)13-10(3)5-6-21-13/h5-6,8-9H,7H2,1-4H3,(H,17,18). The minimum Gasteiger partial charge on any atom is -0.465 e. The number of furan rings is 1. The number of thiophene rings is 1. The van der Waals surface area contributed by atoms with Gasteiger partial charge >= 0.3 is 5.97 Å². The van der Waals surface area contributed by atoms with Gasteiger partial charge < -0.3 is 14.5 Å². The molecule has 5 nitrogen and oxygen atoms in total. The fourth-order valence-electron chi connectivity index (χ4n) is 2.17. The van der Waals surface area contributed by atoms with Crippen LogP contribution in [0.5, 0.6) is 0 Å². The lowest BCUT2D eigenvalue weighted by Gasteiger charge is -2.08. The van der Waals surface area contributed by atoms with E-state index in [1.54, 1.807) is 13.0 Å². The van der Waals surface area contributed by atoms with Gasteiger partial charge in [-0.3, -0.25) is 4.79 Å². The number of carbonyl (C=O) groups is 2. The molecule has 2 aromatic heterocycles. The SMILES string of the molecule is COC(=O)c1c(CC(C)C)csc1NC(=O)c1occc1C. The predicted molar refractivity (Wildman–Crippen MR) is 85.6 cm³/mol. The first kappa shape index (κ1) is 16.3. The average molecular weight is 321 g/mol. The molecule has 0 saturated heterocycles. The smallest absolute Gasteiger partial charge is 0.341 e. The van der Waals surface area contributed by atoms with E-state index < -0.39 is 5.97 Å². The molecule has 2 aromatic rings. The number of methoxy groups -OCH3 is 1. The van der Waals surface area contributed by atoms with Crippen LogP contribution in [-0.2, 0) is 11.2 Å². The highest BCUT2D eigenvalue weighted by atomic mass is 32.1. The summed E-state index contributed by atoms with van der Waals surface area (Å²) in [4.78, 5) is 24.3. The van der Waals surface area contributed by atoms with Gasteiger partial charge in [0.1, 0.15) is 5.00 Å². The van der Waals surface area contributed by atoms with Crippen molar-refractivity contribution in [3.8, 4) is 0 Å². The highest BCUT2D eigenvalue weighted by Crippen LogP contribution is 2.31. The first-order valence-electron chi connectivity index (χ1n) is 6.98. The molecule has 0 aromatic carbocycles. The van der Waals surface area contributed by atoms with Gasteiger partial charge in [-0.15, -0.1) is 11.3 Å². The van der Waals surface area contributed by atoms with Gasteiger partial charge in [-0.2, -0.15) is 0 Å². The Bertz CT molecular complexity index is 684. The van der Waals surface area contributed by atoms with Crippen LogP contribution in [0.1, 0.15) is 45.9 Å². The molecular weight excluding hydrogens is 302 g/mol. The van der Waals surface area contributed by atoms with Crippen LogP contribution in [-0.4, -0.2) is 19.0 Å². The molecule has 6 heteroatoms. The van der Waals surface area contributed by atoms with Crippen LogP contribution in [0.4, 0.5) is 5.00 Å². The number of amides is 1. The molecule has 22 heavy (non-hydrogen) atoms. The zero-order chi connectivity index (χ0) is 16.3. The summed E-state index contributed by atoms with van der Waals surface area (Å²) >= 11 is 1.32. The molecule has 0 saturated carbocycles. The first-order valence-corrected chi connectivity index (χ1v) is 7.86. The van der Waals surface area contributed by atoms with E-state index in [-0.39, 0.29) is 11.7 Å². The van der Waals surface area contributed by atoms with E-state index in [1.165, 1.54) is 24.7 Å². The highest BCUT2D eigenvalue weighted by molar-refractivity contribution is 7.15. The quantitative estimate of drug-likeness (QED) is 0.848. The van der Waals surface area contributed by atoms with Crippen molar-refractivity contribution in [2.75, 3.05) is 12.4 Å². The Morgan fingerprint density at radius 1 is 1.41 bits per heavy atom. The zero-order valence-corrected chi connectivity index (χ0v) is 13.9. The number of hydrogen-bond acceptors (Lipinski definition) is 5. The van der Waals surface area contributed by atoms with Crippen molar-refractivity contribution in [1.29, 1.82) is 0 Å². The third kappa shape index (κ3) is 3.39. The van der Waals surface area contributed by atoms with Crippen LogP contribution >= 0.6 is 11.3 Å². The normalized spacial score (nSPS) is 10.8. The number of hydrogen-bond donors (Lipinski definition) is 1. The predicted octanol–water partition coefficient (Wildman–Crippen LogP) is 3.89. The third-order valence-electron chi connectivity index (χ3n) is 3.18. The van der Waals surface area contributed by atoms with Crippen LogP contribution in [0, 0.1) is 12.8 Å². The molecule has 0 aliphatic rings. The van der Waals surface area contributed by atoms with Gasteiger partial charge in [0.2, 0.25) is 0 Å². The second kappa shape index (κ2) is 6.79. The van der Waals surface area contributed by atoms with Gasteiger partial charge in [0.15, 0.2) is 5.76 Å². The lowest BCUT2D eigenvalue weighted by molar-refractivity contribution is 0.0601. The molecule has 1 N–H and O–H groups in total. The van der Waals surface area contributed by atoms with E-state index in [0.717, 1.165) is 17.5 Å². The summed E-state index contributed by atoms with van der Waals surface area (Å²) in [6.07, 6.45) is 2.21. The van der Waals surface area contributed by atoms with Crippen LogP contribution in [0.2, 0.25) is 0 Å². The Labute approximate surface area is 133 Å². The summed E-state index contributed by atoms with van der Waals surface area (Å²) in [6, 6.07) is 1.72. The number of esters is 1. The van der Waals surface area contributed by atoms with Crippen molar-refractivity contribution in [2.45, 2.75) is 27.2 Å². The molecule has 2 heterocycles. The molecule has 118 valence electrons. The molecule has 2 rings (SSSR count). The van der Waals surface area contributed by atoms with Crippen molar-refractivity contribution in [1.82, 2.24) is 0 Å². The third-order valence-corrected chi connectivity index (χ3v) is 4.12. The number of carbonyl (C=O) groups excluding carboxylic acids is 2. The van der Waals surface area contributed by atoms with Crippen LogP contribution in [0.15, 0.2) is 22.1 Å². The zero-order valence-electron chi connectivity index (χ0n) is 13.1. The summed E-state index contributed by atoms with van der Waals surface area (Å²) in [5.74, 6) is -0.169. The molecule has 0 bridgehead atoms. The molecule has 0 radical (unpaired) electrons. The van der Waals surface area contributed by atoms with Crippen LogP contribution in [0.25, 0.3) is 0 Å². The van der Waals surface area contributed by atoms with E-state index >= 15 is 0 Å². The maximum atomic E-state index is 12.2. The topological polar surface area (TPSA) is 68.5 Å². The summed E-state index contributed by atoms with van der Waals surface area (Å²) < 4.78 is 10.0. The number of ether oxygens (including phenoxy) is 1. The summed E-state index contributed by atoms with van der Waals surface area (Å²) in [7, 11) is 1.33. The fourth-order valence-corrected chi connectivity index (χ4v) is 3.12. The Hall–Kier alpha value is -2.08.